The number of fused-ring (bicyclic) bond motifs is 4. The highest BCUT2D eigenvalue weighted by Gasteiger charge is 2.31. The average molecular weight is 318 g/mol. The van der Waals surface area contributed by atoms with Gasteiger partial charge in [0, 0.05) is 6.08 Å². The van der Waals surface area contributed by atoms with Gasteiger partial charge in [-0.15, -0.1) is 0 Å². The molecule has 3 heteroatoms. The van der Waals surface area contributed by atoms with E-state index in [9.17, 15) is 4.79 Å². The summed E-state index contributed by atoms with van der Waals surface area (Å²) in [5.74, 6) is 0.543. The predicted octanol–water partition coefficient (Wildman–Crippen LogP) is 4.12. The first-order chi connectivity index (χ1) is 11.7. The maximum Gasteiger partial charge on any atom is 0.331 e. The van der Waals surface area contributed by atoms with Crippen molar-refractivity contribution in [1.82, 2.24) is 0 Å². The van der Waals surface area contributed by atoms with Crippen LogP contribution in [0.1, 0.15) is 28.7 Å². The van der Waals surface area contributed by atoms with E-state index in [2.05, 4.69) is 24.3 Å². The van der Waals surface area contributed by atoms with Gasteiger partial charge in [-0.3, -0.25) is 0 Å². The normalized spacial score (nSPS) is 16.5. The molecule has 0 aliphatic heterocycles. The van der Waals surface area contributed by atoms with E-state index in [1.165, 1.54) is 29.4 Å². The molecule has 2 aromatic carbocycles. The zero-order chi connectivity index (χ0) is 16.7. The standard InChI is InChI=1S/C21H18O3/c1-23-14-8-10-15-13(11-14)7-9-18-16-5-3-4-6-17(16)19(21(15)18)12-20(22)24-2/h3-6,8,10-12H,7,9H2,1-2H3/b19-12-. The third-order valence-corrected chi connectivity index (χ3v) is 4.80. The number of methoxy groups -OCH3 is 2. The van der Waals surface area contributed by atoms with Gasteiger partial charge < -0.3 is 9.47 Å². The van der Waals surface area contributed by atoms with E-state index in [4.69, 9.17) is 9.47 Å². The van der Waals surface area contributed by atoms with Gasteiger partial charge in [-0.1, -0.05) is 30.3 Å². The van der Waals surface area contributed by atoms with Gasteiger partial charge >= 0.3 is 5.97 Å². The Morgan fingerprint density at radius 1 is 1.00 bits per heavy atom. The molecule has 2 aliphatic carbocycles. The number of benzene rings is 2. The number of carbonyl (C=O) groups excluding carboxylic acids is 1. The minimum atomic E-state index is -0.325. The second kappa shape index (κ2) is 5.68. The number of aryl methyl sites for hydroxylation is 1. The summed E-state index contributed by atoms with van der Waals surface area (Å²) < 4.78 is 10.2. The quantitative estimate of drug-likeness (QED) is 0.617. The van der Waals surface area contributed by atoms with Crippen LogP contribution in [-0.4, -0.2) is 20.2 Å². The lowest BCUT2D eigenvalue weighted by molar-refractivity contribution is -0.134. The maximum absolute atomic E-state index is 11.9. The van der Waals surface area contributed by atoms with Crippen LogP contribution in [0, 0.1) is 0 Å². The van der Waals surface area contributed by atoms with Crippen LogP contribution in [0.3, 0.4) is 0 Å². The van der Waals surface area contributed by atoms with E-state index in [-0.39, 0.29) is 5.97 Å². The van der Waals surface area contributed by atoms with E-state index in [1.807, 2.05) is 18.2 Å². The summed E-state index contributed by atoms with van der Waals surface area (Å²) in [6.07, 6.45) is 3.55. The Kier molecular flexibility index (Phi) is 3.49. The van der Waals surface area contributed by atoms with Crippen LogP contribution in [-0.2, 0) is 16.0 Å². The molecule has 0 radical (unpaired) electrons. The van der Waals surface area contributed by atoms with Gasteiger partial charge in [0.05, 0.1) is 14.2 Å². The highest BCUT2D eigenvalue weighted by atomic mass is 16.5. The van der Waals surface area contributed by atoms with Crippen molar-refractivity contribution >= 4 is 22.7 Å². The van der Waals surface area contributed by atoms with Crippen molar-refractivity contribution in [3.63, 3.8) is 0 Å². The lowest BCUT2D eigenvalue weighted by Gasteiger charge is -2.20. The topological polar surface area (TPSA) is 35.5 Å². The first-order valence-electron chi connectivity index (χ1n) is 8.03. The van der Waals surface area contributed by atoms with Crippen LogP contribution in [0.4, 0.5) is 0 Å². The van der Waals surface area contributed by atoms with E-state index in [0.717, 1.165) is 35.3 Å². The van der Waals surface area contributed by atoms with Crippen molar-refractivity contribution in [3.8, 4) is 5.75 Å². The van der Waals surface area contributed by atoms with Crippen LogP contribution >= 0.6 is 0 Å². The molecule has 0 heterocycles. The first-order valence-corrected chi connectivity index (χ1v) is 8.03. The number of allylic oxidation sites excluding steroid dienone is 3. The molecule has 0 saturated carbocycles. The fourth-order valence-electron chi connectivity index (χ4n) is 3.71. The molecule has 3 nitrogen and oxygen atoms in total. The third kappa shape index (κ3) is 2.16. The minimum Gasteiger partial charge on any atom is -0.497 e. The number of rotatable bonds is 2. The summed E-state index contributed by atoms with van der Waals surface area (Å²) in [5.41, 5.74) is 8.21. The Labute approximate surface area is 141 Å². The Balaban J connectivity index is 1.95. The van der Waals surface area contributed by atoms with Crippen LogP contribution in [0.25, 0.3) is 16.7 Å². The van der Waals surface area contributed by atoms with Gasteiger partial charge in [-0.05, 0) is 63.9 Å². The molecule has 24 heavy (non-hydrogen) atoms. The lowest BCUT2D eigenvalue weighted by Crippen LogP contribution is -2.03. The van der Waals surface area contributed by atoms with Crippen molar-refractivity contribution < 1.29 is 14.3 Å². The monoisotopic (exact) mass is 318 g/mol. The fraction of sp³-hybridized carbons (Fsp3) is 0.190. The molecule has 2 aromatic rings. The maximum atomic E-state index is 11.9. The molecule has 0 atom stereocenters. The van der Waals surface area contributed by atoms with E-state index in [1.54, 1.807) is 13.2 Å². The minimum absolute atomic E-state index is 0.325. The second-order valence-corrected chi connectivity index (χ2v) is 6.00. The molecule has 120 valence electrons. The lowest BCUT2D eigenvalue weighted by atomic mass is 9.84. The number of carbonyl (C=O) groups is 1. The van der Waals surface area contributed by atoms with Crippen molar-refractivity contribution in [1.29, 1.82) is 0 Å². The molecule has 0 bridgehead atoms. The van der Waals surface area contributed by atoms with Gasteiger partial charge in [-0.25, -0.2) is 4.79 Å². The average Bonchev–Trinajstić information content (AvgIpc) is 2.95. The number of hydrogen-bond acceptors (Lipinski definition) is 3. The summed E-state index contributed by atoms with van der Waals surface area (Å²) in [6.45, 7) is 0. The molecule has 0 aromatic heterocycles. The van der Waals surface area contributed by atoms with E-state index >= 15 is 0 Å². The molecule has 0 unspecified atom stereocenters. The molecular weight excluding hydrogens is 300 g/mol. The third-order valence-electron chi connectivity index (χ3n) is 4.80. The Bertz CT molecular complexity index is 903. The Hall–Kier alpha value is -2.81. The number of hydrogen-bond donors (Lipinski definition) is 0. The predicted molar refractivity (Wildman–Crippen MR) is 94.6 cm³/mol. The van der Waals surface area contributed by atoms with E-state index < -0.39 is 0 Å². The van der Waals surface area contributed by atoms with Crippen molar-refractivity contribution in [2.45, 2.75) is 12.8 Å². The smallest absolute Gasteiger partial charge is 0.331 e. The summed E-state index contributed by atoms with van der Waals surface area (Å²) in [7, 11) is 3.10. The molecule has 0 saturated heterocycles. The number of ether oxygens (including phenoxy) is 2. The number of esters is 1. The van der Waals surface area contributed by atoms with E-state index in [0.29, 0.717) is 0 Å². The van der Waals surface area contributed by atoms with Gasteiger partial charge in [0.2, 0.25) is 0 Å². The fourth-order valence-corrected chi connectivity index (χ4v) is 3.71. The van der Waals surface area contributed by atoms with Crippen LogP contribution in [0.15, 0.2) is 48.5 Å². The molecule has 0 N–H and O–H groups in total. The Morgan fingerprint density at radius 3 is 2.54 bits per heavy atom. The Morgan fingerprint density at radius 2 is 1.79 bits per heavy atom. The van der Waals surface area contributed by atoms with Gasteiger partial charge in [0.1, 0.15) is 5.75 Å². The molecule has 4 rings (SSSR count). The summed E-state index contributed by atoms with van der Waals surface area (Å²) >= 11 is 0. The van der Waals surface area contributed by atoms with Crippen LogP contribution in [0.2, 0.25) is 0 Å². The van der Waals surface area contributed by atoms with Crippen LogP contribution < -0.4 is 4.74 Å². The largest absolute Gasteiger partial charge is 0.497 e. The zero-order valence-electron chi connectivity index (χ0n) is 13.8. The van der Waals surface area contributed by atoms with Gasteiger partial charge in [0.15, 0.2) is 0 Å². The SMILES string of the molecule is COC(=O)/C=C1\C2=C(CCc3cc(OC)ccc32)c2ccccc21. The van der Waals surface area contributed by atoms with Crippen molar-refractivity contribution in [2.75, 3.05) is 14.2 Å². The summed E-state index contributed by atoms with van der Waals surface area (Å²) in [5, 5.41) is 0. The highest BCUT2D eigenvalue weighted by Crippen LogP contribution is 2.51. The van der Waals surface area contributed by atoms with Gasteiger partial charge in [0.25, 0.3) is 0 Å². The second-order valence-electron chi connectivity index (χ2n) is 6.00. The summed E-state index contributed by atoms with van der Waals surface area (Å²) in [4.78, 5) is 11.9. The first kappa shape index (κ1) is 14.8. The molecular formula is C21H18O3. The van der Waals surface area contributed by atoms with Crippen molar-refractivity contribution in [3.05, 3.63) is 70.8 Å². The van der Waals surface area contributed by atoms with Gasteiger partial charge in [-0.2, -0.15) is 0 Å². The van der Waals surface area contributed by atoms with Crippen LogP contribution in [0.5, 0.6) is 5.75 Å². The zero-order valence-corrected chi connectivity index (χ0v) is 13.8. The molecule has 0 spiro atoms. The molecule has 0 amide bonds. The molecule has 0 fully saturated rings. The molecule has 2 aliphatic rings. The van der Waals surface area contributed by atoms with Crippen molar-refractivity contribution in [2.24, 2.45) is 0 Å². The summed E-state index contributed by atoms with van der Waals surface area (Å²) in [6, 6.07) is 14.4. The highest BCUT2D eigenvalue weighted by molar-refractivity contribution is 6.24.